The normalized spacial score (nSPS) is 16.9. The van der Waals surface area contributed by atoms with Gasteiger partial charge in [-0.2, -0.15) is 0 Å². The molecule has 0 spiro atoms. The summed E-state index contributed by atoms with van der Waals surface area (Å²) in [6.07, 6.45) is 1.04. The molecule has 0 saturated carbocycles. The number of ether oxygens (including phenoxy) is 1. The Morgan fingerprint density at radius 3 is 2.69 bits per heavy atom. The van der Waals surface area contributed by atoms with E-state index in [0.29, 0.717) is 0 Å². The van der Waals surface area contributed by atoms with Gasteiger partial charge in [-0.3, -0.25) is 0 Å². The second-order valence-electron chi connectivity index (χ2n) is 6.89. The van der Waals surface area contributed by atoms with Crippen molar-refractivity contribution in [2.75, 3.05) is 38.1 Å². The van der Waals surface area contributed by atoms with Crippen molar-refractivity contribution in [1.29, 1.82) is 0 Å². The standard InChI is InChI=1S/C20H22ClN3OS/c21-17-2-4-18(5-3-17)22-20(26)24-10-8-23(9-11-24)14-15-1-6-19-16(13-15)7-12-25-19/h1-6,13H,7-12,14H2,(H,22,26)/p+1. The lowest BCUT2D eigenvalue weighted by Gasteiger charge is -2.34. The van der Waals surface area contributed by atoms with Gasteiger partial charge in [0.25, 0.3) is 0 Å². The summed E-state index contributed by atoms with van der Waals surface area (Å²) in [5.41, 5.74) is 3.74. The highest BCUT2D eigenvalue weighted by Gasteiger charge is 2.22. The molecule has 2 aromatic carbocycles. The molecule has 136 valence electrons. The molecular formula is C20H23ClN3OS+. The quantitative estimate of drug-likeness (QED) is 0.790. The lowest BCUT2D eigenvalue weighted by Crippen LogP contribution is -3.13. The van der Waals surface area contributed by atoms with Gasteiger partial charge >= 0.3 is 0 Å². The van der Waals surface area contributed by atoms with Crippen molar-refractivity contribution in [3.63, 3.8) is 0 Å². The Bertz CT molecular complexity index is 788. The first-order valence-corrected chi connectivity index (χ1v) is 9.86. The molecule has 0 aliphatic carbocycles. The van der Waals surface area contributed by atoms with E-state index < -0.39 is 0 Å². The van der Waals surface area contributed by atoms with Gasteiger partial charge in [0, 0.05) is 22.7 Å². The van der Waals surface area contributed by atoms with E-state index in [0.717, 1.165) is 67.3 Å². The van der Waals surface area contributed by atoms with E-state index in [4.69, 9.17) is 28.6 Å². The average Bonchev–Trinajstić information content (AvgIpc) is 3.12. The predicted molar refractivity (Wildman–Crippen MR) is 109 cm³/mol. The minimum Gasteiger partial charge on any atom is -0.493 e. The maximum absolute atomic E-state index is 5.93. The van der Waals surface area contributed by atoms with Crippen molar-refractivity contribution in [2.45, 2.75) is 13.0 Å². The molecule has 6 heteroatoms. The number of quaternary nitrogens is 1. The largest absolute Gasteiger partial charge is 0.493 e. The number of thiocarbonyl (C=S) groups is 1. The summed E-state index contributed by atoms with van der Waals surface area (Å²) in [7, 11) is 0. The van der Waals surface area contributed by atoms with Crippen LogP contribution in [0, 0.1) is 0 Å². The zero-order valence-electron chi connectivity index (χ0n) is 14.6. The average molecular weight is 389 g/mol. The summed E-state index contributed by atoms with van der Waals surface area (Å²) >= 11 is 11.5. The zero-order chi connectivity index (χ0) is 17.9. The van der Waals surface area contributed by atoms with Crippen LogP contribution in [-0.2, 0) is 13.0 Å². The molecule has 0 amide bonds. The number of fused-ring (bicyclic) bond motifs is 1. The topological polar surface area (TPSA) is 28.9 Å². The lowest BCUT2D eigenvalue weighted by molar-refractivity contribution is -0.917. The van der Waals surface area contributed by atoms with Gasteiger partial charge in [-0.05, 0) is 60.2 Å². The van der Waals surface area contributed by atoms with Crippen LogP contribution >= 0.6 is 23.8 Å². The fraction of sp³-hybridized carbons (Fsp3) is 0.350. The number of anilines is 1. The number of benzene rings is 2. The van der Waals surface area contributed by atoms with E-state index in [2.05, 4.69) is 28.4 Å². The number of piperazine rings is 1. The van der Waals surface area contributed by atoms with Crippen LogP contribution in [0.1, 0.15) is 11.1 Å². The van der Waals surface area contributed by atoms with Gasteiger partial charge < -0.3 is 19.9 Å². The van der Waals surface area contributed by atoms with Crippen LogP contribution in [-0.4, -0.2) is 42.8 Å². The summed E-state index contributed by atoms with van der Waals surface area (Å²) in [5, 5.41) is 4.83. The molecule has 2 aliphatic rings. The van der Waals surface area contributed by atoms with E-state index in [1.165, 1.54) is 11.1 Å². The van der Waals surface area contributed by atoms with Gasteiger partial charge in [-0.15, -0.1) is 0 Å². The molecule has 1 saturated heterocycles. The minimum absolute atomic E-state index is 0.733. The number of halogens is 1. The molecule has 0 atom stereocenters. The first-order chi connectivity index (χ1) is 12.7. The first-order valence-electron chi connectivity index (χ1n) is 9.07. The van der Waals surface area contributed by atoms with Crippen LogP contribution in [0.2, 0.25) is 5.02 Å². The molecular weight excluding hydrogens is 366 g/mol. The number of hydrogen-bond acceptors (Lipinski definition) is 2. The minimum atomic E-state index is 0.733. The van der Waals surface area contributed by atoms with Crippen LogP contribution in [0.3, 0.4) is 0 Å². The smallest absolute Gasteiger partial charge is 0.173 e. The van der Waals surface area contributed by atoms with E-state index in [9.17, 15) is 0 Å². The van der Waals surface area contributed by atoms with Gasteiger partial charge in [0.15, 0.2) is 5.11 Å². The third kappa shape index (κ3) is 4.11. The summed E-state index contributed by atoms with van der Waals surface area (Å²) in [6.45, 7) is 6.03. The van der Waals surface area contributed by atoms with E-state index in [1.54, 1.807) is 4.90 Å². The molecule has 0 radical (unpaired) electrons. The van der Waals surface area contributed by atoms with Gasteiger partial charge in [-0.25, -0.2) is 0 Å². The molecule has 1 fully saturated rings. The van der Waals surface area contributed by atoms with Gasteiger partial charge in [0.2, 0.25) is 0 Å². The SMILES string of the molecule is S=C(Nc1ccc(Cl)cc1)N1CC[NH+](Cc2ccc3c(c2)CCO3)CC1. The number of hydrogen-bond donors (Lipinski definition) is 2. The Morgan fingerprint density at radius 1 is 1.15 bits per heavy atom. The summed E-state index contributed by atoms with van der Waals surface area (Å²) < 4.78 is 5.60. The molecule has 2 aromatic rings. The van der Waals surface area contributed by atoms with Gasteiger partial charge in [0.05, 0.1) is 32.8 Å². The first kappa shape index (κ1) is 17.6. The molecule has 0 bridgehead atoms. The molecule has 2 aliphatic heterocycles. The number of nitrogens with zero attached hydrogens (tertiary/aromatic N) is 1. The molecule has 2 N–H and O–H groups in total. The molecule has 0 unspecified atom stereocenters. The van der Waals surface area contributed by atoms with Gasteiger partial charge in [-0.1, -0.05) is 11.6 Å². The maximum Gasteiger partial charge on any atom is 0.173 e. The van der Waals surface area contributed by atoms with Crippen molar-refractivity contribution in [1.82, 2.24) is 4.90 Å². The highest BCUT2D eigenvalue weighted by molar-refractivity contribution is 7.80. The van der Waals surface area contributed by atoms with E-state index in [1.807, 2.05) is 24.3 Å². The second-order valence-corrected chi connectivity index (χ2v) is 7.71. The third-order valence-corrected chi connectivity index (χ3v) is 5.67. The van der Waals surface area contributed by atoms with Gasteiger partial charge in [0.1, 0.15) is 12.3 Å². The van der Waals surface area contributed by atoms with Crippen molar-refractivity contribution >= 4 is 34.6 Å². The van der Waals surface area contributed by atoms with Crippen molar-refractivity contribution < 1.29 is 9.64 Å². The zero-order valence-corrected chi connectivity index (χ0v) is 16.2. The summed E-state index contributed by atoms with van der Waals surface area (Å²) in [4.78, 5) is 3.86. The Morgan fingerprint density at radius 2 is 1.92 bits per heavy atom. The summed E-state index contributed by atoms with van der Waals surface area (Å²) in [6, 6.07) is 14.3. The van der Waals surface area contributed by atoms with Crippen LogP contribution in [0.4, 0.5) is 5.69 Å². The lowest BCUT2D eigenvalue weighted by atomic mass is 10.1. The van der Waals surface area contributed by atoms with Crippen molar-refractivity contribution in [3.05, 3.63) is 58.6 Å². The number of rotatable bonds is 3. The fourth-order valence-electron chi connectivity index (χ4n) is 3.58. The van der Waals surface area contributed by atoms with Crippen LogP contribution < -0.4 is 15.0 Å². The Kier molecular flexibility index (Phi) is 5.29. The van der Waals surface area contributed by atoms with Crippen LogP contribution in [0.5, 0.6) is 5.75 Å². The molecule has 2 heterocycles. The molecule has 4 rings (SSSR count). The van der Waals surface area contributed by atoms with E-state index in [-0.39, 0.29) is 0 Å². The predicted octanol–water partition coefficient (Wildman–Crippen LogP) is 2.37. The highest BCUT2D eigenvalue weighted by Crippen LogP contribution is 2.25. The van der Waals surface area contributed by atoms with Crippen molar-refractivity contribution in [3.8, 4) is 5.75 Å². The van der Waals surface area contributed by atoms with Crippen molar-refractivity contribution in [2.24, 2.45) is 0 Å². The Labute approximate surface area is 164 Å². The second kappa shape index (κ2) is 7.82. The third-order valence-electron chi connectivity index (χ3n) is 5.06. The van der Waals surface area contributed by atoms with Crippen LogP contribution in [0.25, 0.3) is 0 Å². The Hall–Kier alpha value is -1.82. The maximum atomic E-state index is 5.93. The fourth-order valence-corrected chi connectivity index (χ4v) is 4.00. The summed E-state index contributed by atoms with van der Waals surface area (Å²) in [5.74, 6) is 1.06. The monoisotopic (exact) mass is 388 g/mol. The molecule has 0 aromatic heterocycles. The Balaban J connectivity index is 1.28. The number of nitrogens with one attached hydrogen (secondary N) is 2. The van der Waals surface area contributed by atoms with Crippen LogP contribution in [0.15, 0.2) is 42.5 Å². The van der Waals surface area contributed by atoms with E-state index >= 15 is 0 Å². The highest BCUT2D eigenvalue weighted by atomic mass is 35.5. The molecule has 4 nitrogen and oxygen atoms in total. The molecule has 26 heavy (non-hydrogen) atoms.